The first-order chi connectivity index (χ1) is 7.15. The topological polar surface area (TPSA) is 46.9 Å². The van der Waals surface area contributed by atoms with Crippen LogP contribution in [-0.4, -0.2) is 28.2 Å². The molecule has 0 aliphatic heterocycles. The predicted molar refractivity (Wildman–Crippen MR) is 57.7 cm³/mol. The van der Waals surface area contributed by atoms with Gasteiger partial charge in [0.25, 0.3) is 0 Å². The second-order valence-electron chi connectivity index (χ2n) is 4.27. The van der Waals surface area contributed by atoms with Crippen molar-refractivity contribution in [2.75, 3.05) is 6.54 Å². The molecule has 4 nitrogen and oxygen atoms in total. The van der Waals surface area contributed by atoms with Crippen molar-refractivity contribution in [2.24, 2.45) is 7.05 Å². The summed E-state index contributed by atoms with van der Waals surface area (Å²) in [5.41, 5.74) is 1.96. The van der Waals surface area contributed by atoms with Crippen molar-refractivity contribution in [2.45, 2.75) is 32.2 Å². The summed E-state index contributed by atoms with van der Waals surface area (Å²) in [6.07, 6.45) is 2.92. The summed E-state index contributed by atoms with van der Waals surface area (Å²) in [6.45, 7) is 2.44. The van der Waals surface area contributed by atoms with Gasteiger partial charge in [-0.25, -0.2) is 0 Å². The predicted octanol–water partition coefficient (Wildman–Crippen LogP) is 0.592. The van der Waals surface area contributed by atoms with Crippen LogP contribution in [0.4, 0.5) is 0 Å². The maximum atomic E-state index is 11.6. The Morgan fingerprint density at radius 3 is 2.93 bits per heavy atom. The third kappa shape index (κ3) is 2.89. The fourth-order valence-electron chi connectivity index (χ4n) is 1.64. The van der Waals surface area contributed by atoms with Crippen molar-refractivity contribution in [3.05, 3.63) is 17.5 Å². The lowest BCUT2D eigenvalue weighted by atomic mass is 10.2. The quantitative estimate of drug-likeness (QED) is 0.768. The summed E-state index contributed by atoms with van der Waals surface area (Å²) in [6, 6.07) is 2.57. The molecule has 0 aromatic carbocycles. The van der Waals surface area contributed by atoms with Crippen LogP contribution in [0.15, 0.2) is 6.07 Å². The van der Waals surface area contributed by atoms with Gasteiger partial charge in [0.05, 0.1) is 12.2 Å². The van der Waals surface area contributed by atoms with E-state index in [0.29, 0.717) is 19.0 Å². The highest BCUT2D eigenvalue weighted by atomic mass is 16.1. The third-order valence-corrected chi connectivity index (χ3v) is 2.64. The zero-order valence-electron chi connectivity index (χ0n) is 9.29. The van der Waals surface area contributed by atoms with Crippen LogP contribution in [0.3, 0.4) is 0 Å². The lowest BCUT2D eigenvalue weighted by Gasteiger charge is -2.02. The first-order valence-electron chi connectivity index (χ1n) is 5.40. The molecule has 1 heterocycles. The minimum absolute atomic E-state index is 0.241. The number of hydrogen-bond acceptors (Lipinski definition) is 3. The van der Waals surface area contributed by atoms with Gasteiger partial charge >= 0.3 is 0 Å². The minimum Gasteiger partial charge on any atom is -0.307 e. The van der Waals surface area contributed by atoms with Crippen molar-refractivity contribution in [3.63, 3.8) is 0 Å². The van der Waals surface area contributed by atoms with E-state index in [-0.39, 0.29) is 5.78 Å². The molecule has 0 spiro atoms. The Morgan fingerprint density at radius 1 is 1.67 bits per heavy atom. The first-order valence-corrected chi connectivity index (χ1v) is 5.40. The summed E-state index contributed by atoms with van der Waals surface area (Å²) in [5, 5.41) is 7.44. The lowest BCUT2D eigenvalue weighted by molar-refractivity contribution is -0.117. The molecule has 0 bridgehead atoms. The fourth-order valence-corrected chi connectivity index (χ4v) is 1.64. The van der Waals surface area contributed by atoms with E-state index in [1.165, 1.54) is 12.8 Å². The Kier molecular flexibility index (Phi) is 2.86. The molecular formula is C11H17N3O. The van der Waals surface area contributed by atoms with E-state index in [9.17, 15) is 4.79 Å². The number of aromatic nitrogens is 2. The molecule has 82 valence electrons. The summed E-state index contributed by atoms with van der Waals surface area (Å²) < 4.78 is 1.78. The minimum atomic E-state index is 0.241. The summed E-state index contributed by atoms with van der Waals surface area (Å²) in [7, 11) is 1.88. The smallest absolute Gasteiger partial charge is 0.152 e. The van der Waals surface area contributed by atoms with Gasteiger partial charge in [0.2, 0.25) is 0 Å². The van der Waals surface area contributed by atoms with Crippen LogP contribution in [-0.2, 0) is 18.3 Å². The molecule has 0 amide bonds. The van der Waals surface area contributed by atoms with Crippen LogP contribution < -0.4 is 5.32 Å². The number of carbonyl (C=O) groups is 1. The summed E-state index contributed by atoms with van der Waals surface area (Å²) in [4.78, 5) is 11.6. The molecule has 2 rings (SSSR count). The van der Waals surface area contributed by atoms with Gasteiger partial charge in [-0.1, -0.05) is 0 Å². The molecule has 1 fully saturated rings. The van der Waals surface area contributed by atoms with Gasteiger partial charge in [-0.2, -0.15) is 5.10 Å². The molecule has 1 saturated carbocycles. The van der Waals surface area contributed by atoms with Crippen LogP contribution in [0.1, 0.15) is 24.2 Å². The number of hydrogen-bond donors (Lipinski definition) is 1. The molecule has 0 atom stereocenters. The molecule has 1 aliphatic carbocycles. The van der Waals surface area contributed by atoms with Crippen LogP contribution >= 0.6 is 0 Å². The van der Waals surface area contributed by atoms with Gasteiger partial charge < -0.3 is 5.32 Å². The normalized spacial score (nSPS) is 15.6. The Morgan fingerprint density at radius 2 is 2.40 bits per heavy atom. The van der Waals surface area contributed by atoms with Crippen LogP contribution in [0.25, 0.3) is 0 Å². The Labute approximate surface area is 89.7 Å². The van der Waals surface area contributed by atoms with Gasteiger partial charge in [0, 0.05) is 25.2 Å². The molecule has 0 unspecified atom stereocenters. The van der Waals surface area contributed by atoms with Crippen molar-refractivity contribution >= 4 is 5.78 Å². The van der Waals surface area contributed by atoms with Crippen LogP contribution in [0.2, 0.25) is 0 Å². The zero-order valence-corrected chi connectivity index (χ0v) is 9.29. The van der Waals surface area contributed by atoms with E-state index in [1.54, 1.807) is 4.68 Å². The van der Waals surface area contributed by atoms with Crippen molar-refractivity contribution in [1.29, 1.82) is 0 Å². The van der Waals surface area contributed by atoms with Crippen molar-refractivity contribution < 1.29 is 4.79 Å². The van der Waals surface area contributed by atoms with Crippen molar-refractivity contribution in [1.82, 2.24) is 15.1 Å². The molecule has 0 radical (unpaired) electrons. The number of Topliss-reactive ketones (excluding diaryl/α,β-unsaturated/α-hetero) is 1. The SMILES string of the molecule is Cc1cc(CC(=O)CNC2CC2)n(C)n1. The van der Waals surface area contributed by atoms with E-state index in [2.05, 4.69) is 10.4 Å². The summed E-state index contributed by atoms with van der Waals surface area (Å²) >= 11 is 0. The number of nitrogens with zero attached hydrogens (tertiary/aromatic N) is 2. The molecule has 1 aromatic rings. The van der Waals surface area contributed by atoms with E-state index in [0.717, 1.165) is 11.4 Å². The zero-order chi connectivity index (χ0) is 10.8. The number of nitrogens with one attached hydrogen (secondary N) is 1. The average Bonchev–Trinajstić information content (AvgIpc) is 2.92. The molecule has 15 heavy (non-hydrogen) atoms. The maximum Gasteiger partial charge on any atom is 0.152 e. The van der Waals surface area contributed by atoms with E-state index >= 15 is 0 Å². The average molecular weight is 207 g/mol. The fraction of sp³-hybridized carbons (Fsp3) is 0.636. The van der Waals surface area contributed by atoms with Gasteiger partial charge in [-0.3, -0.25) is 9.48 Å². The van der Waals surface area contributed by atoms with E-state index < -0.39 is 0 Å². The van der Waals surface area contributed by atoms with Gasteiger partial charge in [0.1, 0.15) is 0 Å². The largest absolute Gasteiger partial charge is 0.307 e. The molecule has 4 heteroatoms. The second-order valence-corrected chi connectivity index (χ2v) is 4.27. The van der Waals surface area contributed by atoms with Gasteiger partial charge in [-0.05, 0) is 25.8 Å². The second kappa shape index (κ2) is 4.14. The Hall–Kier alpha value is -1.16. The van der Waals surface area contributed by atoms with Gasteiger partial charge in [-0.15, -0.1) is 0 Å². The highest BCUT2D eigenvalue weighted by Gasteiger charge is 2.21. The number of carbonyl (C=O) groups excluding carboxylic acids is 1. The highest BCUT2D eigenvalue weighted by molar-refractivity contribution is 5.82. The lowest BCUT2D eigenvalue weighted by Crippen LogP contribution is -2.26. The van der Waals surface area contributed by atoms with E-state index in [4.69, 9.17) is 0 Å². The molecule has 0 saturated heterocycles. The molecular weight excluding hydrogens is 190 g/mol. The van der Waals surface area contributed by atoms with Crippen molar-refractivity contribution in [3.8, 4) is 0 Å². The van der Waals surface area contributed by atoms with E-state index in [1.807, 2.05) is 20.0 Å². The number of aryl methyl sites for hydroxylation is 2. The third-order valence-electron chi connectivity index (χ3n) is 2.64. The Balaban J connectivity index is 1.84. The maximum absolute atomic E-state index is 11.6. The van der Waals surface area contributed by atoms with Gasteiger partial charge in [0.15, 0.2) is 5.78 Å². The monoisotopic (exact) mass is 207 g/mol. The summed E-state index contributed by atoms with van der Waals surface area (Å²) in [5.74, 6) is 0.241. The van der Waals surface area contributed by atoms with Crippen LogP contribution in [0.5, 0.6) is 0 Å². The standard InChI is InChI=1S/C11H17N3O/c1-8-5-10(14(2)13-8)6-11(15)7-12-9-3-4-9/h5,9,12H,3-4,6-7H2,1-2H3. The van der Waals surface area contributed by atoms with Crippen LogP contribution in [0, 0.1) is 6.92 Å². The number of rotatable bonds is 5. The number of ketones is 1. The first kappa shape index (κ1) is 10.4. The molecule has 1 aromatic heterocycles. The molecule has 1 aliphatic rings. The highest BCUT2D eigenvalue weighted by Crippen LogP contribution is 2.18. The molecule has 1 N–H and O–H groups in total. The Bertz CT molecular complexity index is 366.